The Morgan fingerprint density at radius 3 is 2.76 bits per heavy atom. The Morgan fingerprint density at radius 1 is 1.29 bits per heavy atom. The summed E-state index contributed by atoms with van der Waals surface area (Å²) in [5.41, 5.74) is 1.07. The molecule has 4 heteroatoms. The zero-order valence-electron chi connectivity index (χ0n) is 11.8. The van der Waals surface area contributed by atoms with Gasteiger partial charge in [0, 0.05) is 6.42 Å². The van der Waals surface area contributed by atoms with Crippen molar-refractivity contribution in [2.45, 2.75) is 19.4 Å². The van der Waals surface area contributed by atoms with Crippen molar-refractivity contribution < 1.29 is 9.90 Å². The summed E-state index contributed by atoms with van der Waals surface area (Å²) in [6.07, 6.45) is 0.449. The highest BCUT2D eigenvalue weighted by Gasteiger charge is 2.12. The minimum Gasteiger partial charge on any atom is -0.395 e. The number of thiophene rings is 1. The van der Waals surface area contributed by atoms with E-state index in [4.69, 9.17) is 5.11 Å². The molecule has 1 aromatic carbocycles. The monoisotopic (exact) mass is 299 g/mol. The van der Waals surface area contributed by atoms with Crippen LogP contribution in [0, 0.1) is 11.8 Å². The number of rotatable bonds is 4. The van der Waals surface area contributed by atoms with Crippen molar-refractivity contribution in [3.63, 3.8) is 0 Å². The summed E-state index contributed by atoms with van der Waals surface area (Å²) >= 11 is 1.36. The maximum Gasteiger partial charge on any atom is 0.261 e. The predicted octanol–water partition coefficient (Wildman–Crippen LogP) is 2.97. The minimum atomic E-state index is -0.0911. The van der Waals surface area contributed by atoms with Crippen LogP contribution in [0.4, 0.5) is 0 Å². The average molecular weight is 299 g/mol. The van der Waals surface area contributed by atoms with E-state index in [0.717, 1.165) is 10.4 Å². The van der Waals surface area contributed by atoms with Crippen LogP contribution in [0.15, 0.2) is 42.5 Å². The summed E-state index contributed by atoms with van der Waals surface area (Å²) in [5.74, 6) is 5.69. The molecule has 2 aromatic rings. The van der Waals surface area contributed by atoms with Crippen LogP contribution in [0.5, 0.6) is 0 Å². The van der Waals surface area contributed by atoms with Crippen LogP contribution in [-0.4, -0.2) is 17.6 Å². The Bertz CT molecular complexity index is 652. The molecule has 0 aliphatic rings. The van der Waals surface area contributed by atoms with Crippen molar-refractivity contribution in [3.05, 3.63) is 57.8 Å². The van der Waals surface area contributed by atoms with Gasteiger partial charge in [-0.3, -0.25) is 4.79 Å². The molecule has 21 heavy (non-hydrogen) atoms. The lowest BCUT2D eigenvalue weighted by Crippen LogP contribution is -2.25. The fourth-order valence-electron chi connectivity index (χ4n) is 1.83. The number of nitrogens with one attached hydrogen (secondary N) is 1. The lowest BCUT2D eigenvalue weighted by molar-refractivity contribution is 0.0944. The Balaban J connectivity index is 1.99. The molecule has 1 unspecified atom stereocenters. The first kappa shape index (κ1) is 15.3. The van der Waals surface area contributed by atoms with E-state index in [1.165, 1.54) is 11.3 Å². The molecule has 108 valence electrons. The SMILES string of the molecule is CC(NC(=O)c1ccc(C#CCCO)s1)c1ccccc1. The standard InChI is InChI=1S/C17H17NO2S/c1-13(14-7-3-2-4-8-14)18-17(20)16-11-10-15(21-16)9-5-6-12-19/h2-4,7-8,10-11,13,19H,6,12H2,1H3,(H,18,20). The van der Waals surface area contributed by atoms with Gasteiger partial charge in [-0.1, -0.05) is 42.2 Å². The normalized spacial score (nSPS) is 11.3. The molecule has 0 aliphatic heterocycles. The summed E-state index contributed by atoms with van der Waals surface area (Å²) in [6.45, 7) is 2.02. The maximum absolute atomic E-state index is 12.2. The van der Waals surface area contributed by atoms with Crippen molar-refractivity contribution in [2.75, 3.05) is 6.61 Å². The van der Waals surface area contributed by atoms with Gasteiger partial charge in [0.15, 0.2) is 0 Å². The zero-order chi connectivity index (χ0) is 15.1. The average Bonchev–Trinajstić information content (AvgIpc) is 2.97. The molecule has 0 saturated heterocycles. The number of carbonyl (C=O) groups excluding carboxylic acids is 1. The second-order valence-corrected chi connectivity index (χ2v) is 5.63. The fourth-order valence-corrected chi connectivity index (χ4v) is 2.61. The van der Waals surface area contributed by atoms with E-state index in [9.17, 15) is 4.79 Å². The molecule has 1 atom stereocenters. The molecule has 0 radical (unpaired) electrons. The third-order valence-electron chi connectivity index (χ3n) is 2.93. The number of aliphatic hydroxyl groups is 1. The van der Waals surface area contributed by atoms with Crippen LogP contribution in [0.1, 0.15) is 39.5 Å². The quantitative estimate of drug-likeness (QED) is 0.853. The predicted molar refractivity (Wildman–Crippen MR) is 85.2 cm³/mol. The van der Waals surface area contributed by atoms with Gasteiger partial charge in [-0.15, -0.1) is 11.3 Å². The van der Waals surface area contributed by atoms with Crippen molar-refractivity contribution in [3.8, 4) is 11.8 Å². The maximum atomic E-state index is 12.2. The molecule has 1 heterocycles. The summed E-state index contributed by atoms with van der Waals surface area (Å²) in [4.78, 5) is 13.7. The van der Waals surface area contributed by atoms with Crippen molar-refractivity contribution >= 4 is 17.2 Å². The molecule has 0 fully saturated rings. The lowest BCUT2D eigenvalue weighted by Gasteiger charge is -2.13. The highest BCUT2D eigenvalue weighted by molar-refractivity contribution is 7.14. The number of carbonyl (C=O) groups is 1. The van der Waals surface area contributed by atoms with E-state index in [-0.39, 0.29) is 18.6 Å². The third-order valence-corrected chi connectivity index (χ3v) is 3.92. The van der Waals surface area contributed by atoms with Gasteiger partial charge in [-0.25, -0.2) is 0 Å². The summed E-state index contributed by atoms with van der Waals surface area (Å²) in [6, 6.07) is 13.4. The molecule has 1 aromatic heterocycles. The van der Waals surface area contributed by atoms with Crippen molar-refractivity contribution in [1.29, 1.82) is 0 Å². The first-order chi connectivity index (χ1) is 10.2. The van der Waals surface area contributed by atoms with Crippen molar-refractivity contribution in [1.82, 2.24) is 5.32 Å². The molecule has 0 aliphatic carbocycles. The van der Waals surface area contributed by atoms with Gasteiger partial charge >= 0.3 is 0 Å². The smallest absolute Gasteiger partial charge is 0.261 e. The molecular formula is C17H17NO2S. The van der Waals surface area contributed by atoms with E-state index >= 15 is 0 Å². The second kappa shape index (κ2) is 7.63. The molecule has 3 nitrogen and oxygen atoms in total. The number of amides is 1. The Kier molecular flexibility index (Phi) is 5.56. The van der Waals surface area contributed by atoms with Crippen LogP contribution in [0.25, 0.3) is 0 Å². The van der Waals surface area contributed by atoms with E-state index < -0.39 is 0 Å². The van der Waals surface area contributed by atoms with Crippen LogP contribution in [0.2, 0.25) is 0 Å². The van der Waals surface area contributed by atoms with Crippen LogP contribution >= 0.6 is 11.3 Å². The largest absolute Gasteiger partial charge is 0.395 e. The molecule has 0 spiro atoms. The molecule has 2 N–H and O–H groups in total. The topological polar surface area (TPSA) is 49.3 Å². The summed E-state index contributed by atoms with van der Waals surface area (Å²) in [7, 11) is 0. The molecule has 2 rings (SSSR count). The van der Waals surface area contributed by atoms with E-state index in [1.807, 2.05) is 43.3 Å². The van der Waals surface area contributed by atoms with Gasteiger partial charge in [0.1, 0.15) is 0 Å². The second-order valence-electron chi connectivity index (χ2n) is 4.55. The highest BCUT2D eigenvalue weighted by atomic mass is 32.1. The fraction of sp³-hybridized carbons (Fsp3) is 0.235. The van der Waals surface area contributed by atoms with Crippen molar-refractivity contribution in [2.24, 2.45) is 0 Å². The van der Waals surface area contributed by atoms with Crippen LogP contribution in [0.3, 0.4) is 0 Å². The van der Waals surface area contributed by atoms with E-state index in [0.29, 0.717) is 11.3 Å². The number of hydrogen-bond acceptors (Lipinski definition) is 3. The Morgan fingerprint density at radius 2 is 2.05 bits per heavy atom. The van der Waals surface area contributed by atoms with Gasteiger partial charge in [0.05, 0.1) is 22.4 Å². The van der Waals surface area contributed by atoms with E-state index in [1.54, 1.807) is 6.07 Å². The van der Waals surface area contributed by atoms with Gasteiger partial charge in [-0.2, -0.15) is 0 Å². The molecule has 1 amide bonds. The van der Waals surface area contributed by atoms with Gasteiger partial charge in [0.25, 0.3) is 5.91 Å². The van der Waals surface area contributed by atoms with Crippen LogP contribution in [-0.2, 0) is 0 Å². The summed E-state index contributed by atoms with van der Waals surface area (Å²) < 4.78 is 0. The van der Waals surface area contributed by atoms with Gasteiger partial charge in [-0.05, 0) is 24.6 Å². The zero-order valence-corrected chi connectivity index (χ0v) is 12.6. The van der Waals surface area contributed by atoms with Gasteiger partial charge < -0.3 is 10.4 Å². The van der Waals surface area contributed by atoms with Gasteiger partial charge in [0.2, 0.25) is 0 Å². The number of benzene rings is 1. The first-order valence-corrected chi connectivity index (χ1v) is 7.57. The summed E-state index contributed by atoms with van der Waals surface area (Å²) in [5, 5.41) is 11.7. The Labute approximate surface area is 128 Å². The third kappa shape index (κ3) is 4.45. The highest BCUT2D eigenvalue weighted by Crippen LogP contribution is 2.18. The molecule has 0 saturated carbocycles. The number of aliphatic hydroxyl groups excluding tert-OH is 1. The minimum absolute atomic E-state index is 0.0373. The molecular weight excluding hydrogens is 282 g/mol. The van der Waals surface area contributed by atoms with E-state index in [2.05, 4.69) is 17.2 Å². The first-order valence-electron chi connectivity index (χ1n) is 6.76. The number of hydrogen-bond donors (Lipinski definition) is 2. The lowest BCUT2D eigenvalue weighted by atomic mass is 10.1. The van der Waals surface area contributed by atoms with Crippen LogP contribution < -0.4 is 5.32 Å². The Hall–Kier alpha value is -2.09. The molecule has 0 bridgehead atoms.